The molecule has 5 heteroatoms. The lowest BCUT2D eigenvalue weighted by Crippen LogP contribution is -2.48. The number of ether oxygens (including phenoxy) is 1. The van der Waals surface area contributed by atoms with Crippen LogP contribution < -0.4 is 15.4 Å². The van der Waals surface area contributed by atoms with Crippen LogP contribution in [-0.4, -0.2) is 35.7 Å². The Bertz CT molecular complexity index is 424. The summed E-state index contributed by atoms with van der Waals surface area (Å²) in [6.45, 7) is 4.58. The first-order valence-electron chi connectivity index (χ1n) is 7.08. The number of hydrogen-bond acceptors (Lipinski definition) is 5. The molecule has 2 unspecified atom stereocenters. The summed E-state index contributed by atoms with van der Waals surface area (Å²) in [5, 5.41) is 0. The average Bonchev–Trinajstić information content (AvgIpc) is 2.41. The maximum Gasteiger partial charge on any atom is 0.221 e. The van der Waals surface area contributed by atoms with Crippen molar-refractivity contribution in [2.24, 2.45) is 5.73 Å². The van der Waals surface area contributed by atoms with Gasteiger partial charge < -0.3 is 15.4 Å². The second kappa shape index (κ2) is 6.19. The van der Waals surface area contributed by atoms with Crippen LogP contribution in [-0.2, 0) is 0 Å². The number of hydrogen-bond donors (Lipinski definition) is 1. The van der Waals surface area contributed by atoms with E-state index in [0.717, 1.165) is 24.2 Å². The Morgan fingerprint density at radius 2 is 2.11 bits per heavy atom. The van der Waals surface area contributed by atoms with E-state index < -0.39 is 0 Å². The third-order valence-electron chi connectivity index (χ3n) is 3.91. The number of rotatable bonds is 4. The fourth-order valence-corrected chi connectivity index (χ4v) is 2.84. The van der Waals surface area contributed by atoms with Gasteiger partial charge >= 0.3 is 0 Å². The summed E-state index contributed by atoms with van der Waals surface area (Å²) in [4.78, 5) is 10.8. The fourth-order valence-electron chi connectivity index (χ4n) is 2.84. The first kappa shape index (κ1) is 14.1. The zero-order valence-electron chi connectivity index (χ0n) is 12.1. The van der Waals surface area contributed by atoms with Gasteiger partial charge in [0.25, 0.3) is 0 Å². The van der Waals surface area contributed by atoms with E-state index in [0.29, 0.717) is 18.5 Å². The van der Waals surface area contributed by atoms with Gasteiger partial charge in [-0.15, -0.1) is 0 Å². The molecule has 1 aromatic rings. The van der Waals surface area contributed by atoms with Gasteiger partial charge in [-0.1, -0.05) is 12.8 Å². The van der Waals surface area contributed by atoms with Crippen LogP contribution in [0.3, 0.4) is 0 Å². The monoisotopic (exact) mass is 264 g/mol. The van der Waals surface area contributed by atoms with E-state index in [1.54, 1.807) is 6.33 Å². The molecular formula is C14H24N4O. The molecule has 2 N–H and O–H groups in total. The lowest BCUT2D eigenvalue weighted by atomic mass is 9.90. The number of nitrogens with two attached hydrogens (primary N) is 1. The third-order valence-corrected chi connectivity index (χ3v) is 3.91. The molecule has 1 aliphatic rings. The highest BCUT2D eigenvalue weighted by Gasteiger charge is 2.27. The average molecular weight is 264 g/mol. The zero-order valence-corrected chi connectivity index (χ0v) is 12.1. The van der Waals surface area contributed by atoms with Crippen molar-refractivity contribution in [1.82, 2.24) is 9.97 Å². The molecule has 0 amide bonds. The number of aromatic nitrogens is 2. The van der Waals surface area contributed by atoms with Gasteiger partial charge in [0, 0.05) is 19.1 Å². The molecule has 2 atom stereocenters. The Kier molecular flexibility index (Phi) is 4.58. The topological polar surface area (TPSA) is 64.3 Å². The van der Waals surface area contributed by atoms with Crippen LogP contribution in [0.25, 0.3) is 0 Å². The van der Waals surface area contributed by atoms with E-state index in [-0.39, 0.29) is 6.04 Å². The highest BCUT2D eigenvalue weighted by atomic mass is 16.5. The molecule has 0 aromatic carbocycles. The molecule has 0 bridgehead atoms. The van der Waals surface area contributed by atoms with Crippen molar-refractivity contribution >= 4 is 5.82 Å². The molecule has 2 rings (SSSR count). The molecule has 0 radical (unpaired) electrons. The molecule has 5 nitrogen and oxygen atoms in total. The van der Waals surface area contributed by atoms with Crippen LogP contribution in [0.5, 0.6) is 5.88 Å². The quantitative estimate of drug-likeness (QED) is 0.899. The SMILES string of the molecule is CCOc1ncnc(N(C)C2CCCCC2N)c1C. The summed E-state index contributed by atoms with van der Waals surface area (Å²) in [6, 6.07) is 0.584. The van der Waals surface area contributed by atoms with Gasteiger partial charge in [-0.2, -0.15) is 0 Å². The normalized spacial score (nSPS) is 23.2. The van der Waals surface area contributed by atoms with Crippen molar-refractivity contribution in [2.45, 2.75) is 51.6 Å². The van der Waals surface area contributed by atoms with Gasteiger partial charge in [0.1, 0.15) is 12.1 Å². The predicted octanol–water partition coefficient (Wildman–Crippen LogP) is 1.89. The van der Waals surface area contributed by atoms with Crippen molar-refractivity contribution in [1.29, 1.82) is 0 Å². The minimum absolute atomic E-state index is 0.226. The van der Waals surface area contributed by atoms with Crippen molar-refractivity contribution < 1.29 is 4.74 Å². The minimum atomic E-state index is 0.226. The Balaban J connectivity index is 2.22. The Morgan fingerprint density at radius 1 is 1.37 bits per heavy atom. The lowest BCUT2D eigenvalue weighted by molar-refractivity contribution is 0.322. The summed E-state index contributed by atoms with van der Waals surface area (Å²) < 4.78 is 5.53. The van der Waals surface area contributed by atoms with Crippen LogP contribution in [0.1, 0.15) is 38.2 Å². The molecule has 0 saturated heterocycles. The molecule has 0 aliphatic heterocycles. The maximum atomic E-state index is 6.25. The van der Waals surface area contributed by atoms with Crippen LogP contribution in [0.2, 0.25) is 0 Å². The van der Waals surface area contributed by atoms with Crippen LogP contribution in [0.4, 0.5) is 5.82 Å². The van der Waals surface area contributed by atoms with E-state index >= 15 is 0 Å². The fraction of sp³-hybridized carbons (Fsp3) is 0.714. The zero-order chi connectivity index (χ0) is 13.8. The summed E-state index contributed by atoms with van der Waals surface area (Å²) in [6.07, 6.45) is 6.27. The second-order valence-corrected chi connectivity index (χ2v) is 5.19. The van der Waals surface area contributed by atoms with E-state index in [9.17, 15) is 0 Å². The Morgan fingerprint density at radius 3 is 2.79 bits per heavy atom. The Hall–Kier alpha value is -1.36. The van der Waals surface area contributed by atoms with Crippen molar-refractivity contribution in [3.05, 3.63) is 11.9 Å². The van der Waals surface area contributed by atoms with Crippen LogP contribution >= 0.6 is 0 Å². The van der Waals surface area contributed by atoms with Gasteiger partial charge in [0.15, 0.2) is 0 Å². The summed E-state index contributed by atoms with van der Waals surface area (Å²) in [7, 11) is 2.07. The third kappa shape index (κ3) is 2.97. The molecule has 1 fully saturated rings. The highest BCUT2D eigenvalue weighted by Crippen LogP contribution is 2.29. The molecule has 1 aromatic heterocycles. The van der Waals surface area contributed by atoms with E-state index in [1.165, 1.54) is 12.8 Å². The van der Waals surface area contributed by atoms with E-state index in [1.807, 2.05) is 13.8 Å². The molecule has 1 saturated carbocycles. The van der Waals surface area contributed by atoms with Crippen molar-refractivity contribution in [3.63, 3.8) is 0 Å². The van der Waals surface area contributed by atoms with Crippen LogP contribution in [0, 0.1) is 6.92 Å². The molecule has 19 heavy (non-hydrogen) atoms. The van der Waals surface area contributed by atoms with E-state index in [4.69, 9.17) is 10.5 Å². The number of likely N-dealkylation sites (N-methyl/N-ethyl adjacent to an activating group) is 1. The number of anilines is 1. The summed E-state index contributed by atoms with van der Waals surface area (Å²) in [5.74, 6) is 1.60. The first-order valence-corrected chi connectivity index (χ1v) is 7.08. The van der Waals surface area contributed by atoms with Crippen molar-refractivity contribution in [2.75, 3.05) is 18.6 Å². The maximum absolute atomic E-state index is 6.25. The Labute approximate surface area is 115 Å². The number of nitrogens with zero attached hydrogens (tertiary/aromatic N) is 3. The summed E-state index contributed by atoms with van der Waals surface area (Å²) in [5.41, 5.74) is 7.24. The van der Waals surface area contributed by atoms with E-state index in [2.05, 4.69) is 21.9 Å². The molecular weight excluding hydrogens is 240 g/mol. The predicted molar refractivity (Wildman–Crippen MR) is 76.6 cm³/mol. The van der Waals surface area contributed by atoms with Gasteiger partial charge in [-0.3, -0.25) is 0 Å². The van der Waals surface area contributed by atoms with Crippen LogP contribution in [0.15, 0.2) is 6.33 Å². The first-order chi connectivity index (χ1) is 9.15. The van der Waals surface area contributed by atoms with Gasteiger partial charge in [0.2, 0.25) is 5.88 Å². The molecule has 1 aliphatic carbocycles. The minimum Gasteiger partial charge on any atom is -0.478 e. The van der Waals surface area contributed by atoms with Gasteiger partial charge in [-0.05, 0) is 26.7 Å². The molecule has 0 spiro atoms. The van der Waals surface area contributed by atoms with Gasteiger partial charge in [-0.25, -0.2) is 9.97 Å². The largest absolute Gasteiger partial charge is 0.478 e. The highest BCUT2D eigenvalue weighted by molar-refractivity contribution is 5.50. The second-order valence-electron chi connectivity index (χ2n) is 5.19. The molecule has 1 heterocycles. The standard InChI is InChI=1S/C14H24N4O/c1-4-19-14-10(2)13(16-9-17-14)18(3)12-8-6-5-7-11(12)15/h9,11-12H,4-8,15H2,1-3H3. The smallest absolute Gasteiger partial charge is 0.221 e. The van der Waals surface area contributed by atoms with Crippen molar-refractivity contribution in [3.8, 4) is 5.88 Å². The molecule has 106 valence electrons. The van der Waals surface area contributed by atoms with Gasteiger partial charge in [0.05, 0.1) is 12.2 Å². The summed E-state index contributed by atoms with van der Waals surface area (Å²) >= 11 is 0. The lowest BCUT2D eigenvalue weighted by Gasteiger charge is -2.37.